The average molecular weight is 361 g/mol. The molecule has 1 amide bonds. The fraction of sp³-hybridized carbons (Fsp3) is 0.600. The Kier molecular flexibility index (Phi) is 5.39. The number of aliphatic carboxylic acids is 1. The topological polar surface area (TPSA) is 84.9 Å². The number of carboxylic acid groups (broad SMARTS) is 1. The summed E-state index contributed by atoms with van der Waals surface area (Å²) in [5, 5.41) is 12.2. The first kappa shape index (κ1) is 18.5. The van der Waals surface area contributed by atoms with Gasteiger partial charge in [-0.15, -0.1) is 0 Å². The lowest BCUT2D eigenvalue weighted by Crippen LogP contribution is -2.41. The lowest BCUT2D eigenvalue weighted by Gasteiger charge is -2.30. The minimum absolute atomic E-state index is 0.0402. The van der Waals surface area contributed by atoms with Gasteiger partial charge >= 0.3 is 5.97 Å². The monoisotopic (exact) mass is 361 g/mol. The molecule has 6 nitrogen and oxygen atoms in total. The van der Waals surface area contributed by atoms with Crippen LogP contribution in [0.2, 0.25) is 0 Å². The first-order valence-corrected chi connectivity index (χ1v) is 9.27. The predicted molar refractivity (Wildman–Crippen MR) is 96.6 cm³/mol. The molecule has 0 spiro atoms. The van der Waals surface area contributed by atoms with Gasteiger partial charge in [-0.2, -0.15) is 0 Å². The summed E-state index contributed by atoms with van der Waals surface area (Å²) in [6.45, 7) is 5.73. The number of nitrogens with one attached hydrogen (secondary N) is 1. The summed E-state index contributed by atoms with van der Waals surface area (Å²) in [4.78, 5) is 23.7. The molecule has 0 bridgehead atoms. The highest BCUT2D eigenvalue weighted by Gasteiger charge is 2.32. The average Bonchev–Trinajstić information content (AvgIpc) is 2.65. The minimum Gasteiger partial charge on any atom is -0.486 e. The van der Waals surface area contributed by atoms with Crippen molar-refractivity contribution in [3.8, 4) is 11.5 Å². The number of hydrogen-bond acceptors (Lipinski definition) is 4. The van der Waals surface area contributed by atoms with E-state index in [0.29, 0.717) is 32.6 Å². The van der Waals surface area contributed by atoms with Gasteiger partial charge in [-0.3, -0.25) is 9.59 Å². The minimum atomic E-state index is -0.792. The van der Waals surface area contributed by atoms with E-state index in [1.807, 2.05) is 18.2 Å². The normalized spacial score (nSPS) is 22.5. The molecule has 2 atom stereocenters. The van der Waals surface area contributed by atoms with Gasteiger partial charge in [0, 0.05) is 17.9 Å². The van der Waals surface area contributed by atoms with Gasteiger partial charge < -0.3 is 19.9 Å². The Balaban J connectivity index is 1.61. The van der Waals surface area contributed by atoms with Crippen molar-refractivity contribution < 1.29 is 24.2 Å². The number of amides is 1. The van der Waals surface area contributed by atoms with Gasteiger partial charge in [0.25, 0.3) is 0 Å². The number of benzene rings is 1. The molecular weight excluding hydrogens is 334 g/mol. The van der Waals surface area contributed by atoms with Gasteiger partial charge in [0.2, 0.25) is 5.91 Å². The third-order valence-corrected chi connectivity index (χ3v) is 5.42. The van der Waals surface area contributed by atoms with Crippen LogP contribution in [0.4, 0.5) is 0 Å². The molecule has 1 aromatic carbocycles. The summed E-state index contributed by atoms with van der Waals surface area (Å²) in [5.41, 5.74) is 0.793. The Hall–Kier alpha value is -2.24. The first-order chi connectivity index (χ1) is 12.4. The van der Waals surface area contributed by atoms with Crippen LogP contribution in [0, 0.1) is 11.8 Å². The molecular formula is C20H27NO5. The molecule has 1 aromatic rings. The van der Waals surface area contributed by atoms with E-state index in [-0.39, 0.29) is 17.2 Å². The third kappa shape index (κ3) is 4.11. The van der Waals surface area contributed by atoms with Gasteiger partial charge in [0.15, 0.2) is 11.5 Å². The number of ether oxygens (including phenoxy) is 2. The maximum Gasteiger partial charge on any atom is 0.306 e. The van der Waals surface area contributed by atoms with Crippen LogP contribution >= 0.6 is 0 Å². The smallest absolute Gasteiger partial charge is 0.306 e. The molecule has 1 saturated carbocycles. The van der Waals surface area contributed by atoms with E-state index < -0.39 is 11.9 Å². The molecule has 1 aliphatic carbocycles. The van der Waals surface area contributed by atoms with E-state index in [2.05, 4.69) is 19.2 Å². The summed E-state index contributed by atoms with van der Waals surface area (Å²) < 4.78 is 11.2. The Morgan fingerprint density at radius 3 is 2.58 bits per heavy atom. The van der Waals surface area contributed by atoms with Crippen LogP contribution in [0.5, 0.6) is 11.5 Å². The maximum absolute atomic E-state index is 12.5. The van der Waals surface area contributed by atoms with E-state index >= 15 is 0 Å². The van der Waals surface area contributed by atoms with Crippen molar-refractivity contribution in [3.63, 3.8) is 0 Å². The first-order valence-electron chi connectivity index (χ1n) is 9.27. The summed E-state index contributed by atoms with van der Waals surface area (Å²) >= 11 is 0. The van der Waals surface area contributed by atoms with E-state index in [9.17, 15) is 14.7 Å². The van der Waals surface area contributed by atoms with Crippen LogP contribution in [0.15, 0.2) is 18.2 Å². The Morgan fingerprint density at radius 2 is 1.85 bits per heavy atom. The molecule has 1 heterocycles. The fourth-order valence-electron chi connectivity index (χ4n) is 3.67. The molecule has 0 radical (unpaired) electrons. The Labute approximate surface area is 153 Å². The van der Waals surface area contributed by atoms with Crippen LogP contribution in [-0.2, 0) is 15.0 Å². The van der Waals surface area contributed by atoms with Gasteiger partial charge in [0.1, 0.15) is 13.2 Å². The lowest BCUT2D eigenvalue weighted by molar-refractivity contribution is -0.144. The maximum atomic E-state index is 12.5. The molecule has 1 aliphatic heterocycles. The van der Waals surface area contributed by atoms with E-state index in [4.69, 9.17) is 9.47 Å². The van der Waals surface area contributed by atoms with Crippen LogP contribution in [0.1, 0.15) is 45.1 Å². The van der Waals surface area contributed by atoms with Crippen molar-refractivity contribution in [2.45, 2.75) is 44.9 Å². The van der Waals surface area contributed by atoms with Gasteiger partial charge in [-0.25, -0.2) is 0 Å². The molecule has 0 aromatic heterocycles. The SMILES string of the molecule is CC(C)(CNC(=O)C1CCCC(C(=O)O)C1)c1ccc2c(c1)OCCO2. The molecule has 26 heavy (non-hydrogen) atoms. The van der Waals surface area contributed by atoms with Crippen LogP contribution in [0.3, 0.4) is 0 Å². The highest BCUT2D eigenvalue weighted by atomic mass is 16.6. The zero-order valence-electron chi connectivity index (χ0n) is 15.4. The van der Waals surface area contributed by atoms with E-state index in [1.54, 1.807) is 0 Å². The van der Waals surface area contributed by atoms with Crippen molar-refractivity contribution in [3.05, 3.63) is 23.8 Å². The molecule has 142 valence electrons. The molecule has 1 fully saturated rings. The molecule has 0 saturated heterocycles. The molecule has 6 heteroatoms. The van der Waals surface area contributed by atoms with Crippen LogP contribution in [0.25, 0.3) is 0 Å². The number of carboxylic acids is 1. The third-order valence-electron chi connectivity index (χ3n) is 5.42. The zero-order chi connectivity index (χ0) is 18.7. The number of carbonyl (C=O) groups excluding carboxylic acids is 1. The van der Waals surface area contributed by atoms with Crippen molar-refractivity contribution in [2.75, 3.05) is 19.8 Å². The van der Waals surface area contributed by atoms with Crippen molar-refractivity contribution in [1.82, 2.24) is 5.32 Å². The largest absolute Gasteiger partial charge is 0.486 e. The zero-order valence-corrected chi connectivity index (χ0v) is 15.4. The van der Waals surface area contributed by atoms with Gasteiger partial charge in [-0.1, -0.05) is 26.3 Å². The summed E-state index contributed by atoms with van der Waals surface area (Å²) in [6, 6.07) is 5.88. The number of hydrogen-bond donors (Lipinski definition) is 2. The van der Waals surface area contributed by atoms with Gasteiger partial charge in [-0.05, 0) is 37.0 Å². The molecule has 2 N–H and O–H groups in total. The van der Waals surface area contributed by atoms with Crippen molar-refractivity contribution in [2.24, 2.45) is 11.8 Å². The van der Waals surface area contributed by atoms with Crippen molar-refractivity contribution in [1.29, 1.82) is 0 Å². The lowest BCUT2D eigenvalue weighted by atomic mass is 9.80. The quantitative estimate of drug-likeness (QED) is 0.842. The molecule has 3 rings (SSSR count). The highest BCUT2D eigenvalue weighted by Crippen LogP contribution is 2.35. The fourth-order valence-corrected chi connectivity index (χ4v) is 3.67. The van der Waals surface area contributed by atoms with Crippen LogP contribution in [-0.4, -0.2) is 36.7 Å². The highest BCUT2D eigenvalue weighted by molar-refractivity contribution is 5.80. The van der Waals surface area contributed by atoms with E-state index in [0.717, 1.165) is 29.9 Å². The molecule has 2 unspecified atom stereocenters. The van der Waals surface area contributed by atoms with E-state index in [1.165, 1.54) is 0 Å². The van der Waals surface area contributed by atoms with Crippen LogP contribution < -0.4 is 14.8 Å². The Bertz CT molecular complexity index is 685. The number of fused-ring (bicyclic) bond motifs is 1. The number of rotatable bonds is 5. The number of carbonyl (C=O) groups is 2. The van der Waals surface area contributed by atoms with Gasteiger partial charge in [0.05, 0.1) is 5.92 Å². The second-order valence-electron chi connectivity index (χ2n) is 7.86. The second-order valence-corrected chi connectivity index (χ2v) is 7.86. The predicted octanol–water partition coefficient (Wildman–Crippen LogP) is 2.74. The summed E-state index contributed by atoms with van der Waals surface area (Å²) in [6.07, 6.45) is 2.66. The summed E-state index contributed by atoms with van der Waals surface area (Å²) in [7, 11) is 0. The van der Waals surface area contributed by atoms with Crippen molar-refractivity contribution >= 4 is 11.9 Å². The summed E-state index contributed by atoms with van der Waals surface area (Å²) in [5.74, 6) is 0.0541. The Morgan fingerprint density at radius 1 is 1.15 bits per heavy atom. The molecule has 2 aliphatic rings. The standard InChI is InChI=1S/C20H27NO5/c1-20(2,15-6-7-16-17(11-15)26-9-8-25-16)12-21-18(22)13-4-3-5-14(10-13)19(23)24/h6-7,11,13-14H,3-5,8-10,12H2,1-2H3,(H,21,22)(H,23,24). The second kappa shape index (κ2) is 7.56.